The lowest BCUT2D eigenvalue weighted by atomic mass is 10.2. The Morgan fingerprint density at radius 2 is 1.93 bits per heavy atom. The number of anilines is 1. The summed E-state index contributed by atoms with van der Waals surface area (Å²) in [6, 6.07) is 4.49. The van der Waals surface area contributed by atoms with Crippen molar-refractivity contribution < 1.29 is 14.3 Å². The fourth-order valence-electron chi connectivity index (χ4n) is 2.71. The van der Waals surface area contributed by atoms with Gasteiger partial charge in [0, 0.05) is 25.4 Å². The van der Waals surface area contributed by atoms with Crippen molar-refractivity contribution in [3.8, 4) is 11.5 Å². The number of rotatable bonds is 2. The van der Waals surface area contributed by atoms with Gasteiger partial charge in [-0.1, -0.05) is 11.6 Å². The molecule has 2 aromatic heterocycles. The van der Waals surface area contributed by atoms with Gasteiger partial charge in [0.15, 0.2) is 11.5 Å². The van der Waals surface area contributed by atoms with Crippen molar-refractivity contribution in [3.05, 3.63) is 55.8 Å². The fraction of sp³-hybridized carbons (Fsp3) is 0.176. The predicted molar refractivity (Wildman–Crippen MR) is 98.0 cm³/mol. The molecular formula is C17H13ClN4O5. The van der Waals surface area contributed by atoms with E-state index >= 15 is 0 Å². The van der Waals surface area contributed by atoms with E-state index in [1.54, 1.807) is 12.1 Å². The van der Waals surface area contributed by atoms with Crippen molar-refractivity contribution in [2.24, 2.45) is 7.05 Å². The van der Waals surface area contributed by atoms with E-state index in [-0.39, 0.29) is 21.6 Å². The van der Waals surface area contributed by atoms with E-state index in [4.69, 9.17) is 21.1 Å². The summed E-state index contributed by atoms with van der Waals surface area (Å²) in [4.78, 5) is 42.4. The van der Waals surface area contributed by atoms with Gasteiger partial charge in [0.2, 0.25) is 0 Å². The third-order valence-electron chi connectivity index (χ3n) is 4.10. The number of nitrogens with one attached hydrogen (secondary N) is 2. The molecule has 1 aliphatic rings. The molecule has 138 valence electrons. The van der Waals surface area contributed by atoms with Crippen molar-refractivity contribution in [1.29, 1.82) is 0 Å². The van der Waals surface area contributed by atoms with Crippen LogP contribution in [0.2, 0.25) is 5.02 Å². The second-order valence-corrected chi connectivity index (χ2v) is 6.25. The number of halogens is 1. The highest BCUT2D eigenvalue weighted by Crippen LogP contribution is 2.38. The molecule has 0 aliphatic carbocycles. The molecule has 4 rings (SSSR count). The van der Waals surface area contributed by atoms with Crippen molar-refractivity contribution >= 4 is 34.2 Å². The average Bonchev–Trinajstić information content (AvgIpc) is 2.66. The van der Waals surface area contributed by atoms with E-state index in [1.165, 1.54) is 23.9 Å². The van der Waals surface area contributed by atoms with Crippen LogP contribution in [0.3, 0.4) is 0 Å². The monoisotopic (exact) mass is 388 g/mol. The molecule has 0 spiro atoms. The van der Waals surface area contributed by atoms with Crippen LogP contribution in [0.15, 0.2) is 34.0 Å². The van der Waals surface area contributed by atoms with E-state index in [0.29, 0.717) is 30.4 Å². The number of ether oxygens (including phenoxy) is 2. The molecule has 1 aromatic carbocycles. The SMILES string of the molecule is Cn1c(=O)[nH]c(=O)c2cc(C(=O)Nc3cc4c(cc3Cl)OCCO4)cnc21. The molecule has 1 aliphatic heterocycles. The number of aromatic nitrogens is 3. The smallest absolute Gasteiger partial charge is 0.329 e. The summed E-state index contributed by atoms with van der Waals surface area (Å²) in [5, 5.41) is 3.06. The number of carbonyl (C=O) groups is 1. The van der Waals surface area contributed by atoms with E-state index in [2.05, 4.69) is 15.3 Å². The van der Waals surface area contributed by atoms with Crippen LogP contribution in [0.5, 0.6) is 11.5 Å². The summed E-state index contributed by atoms with van der Waals surface area (Å²) < 4.78 is 12.1. The lowest BCUT2D eigenvalue weighted by Crippen LogP contribution is -2.29. The predicted octanol–water partition coefficient (Wildman–Crippen LogP) is 1.30. The van der Waals surface area contributed by atoms with Gasteiger partial charge in [0.1, 0.15) is 18.9 Å². The van der Waals surface area contributed by atoms with E-state index in [0.717, 1.165) is 0 Å². The normalized spacial score (nSPS) is 12.8. The highest BCUT2D eigenvalue weighted by Gasteiger charge is 2.18. The summed E-state index contributed by atoms with van der Waals surface area (Å²) >= 11 is 6.19. The third-order valence-corrected chi connectivity index (χ3v) is 4.41. The van der Waals surface area contributed by atoms with Gasteiger partial charge in [-0.25, -0.2) is 9.78 Å². The molecule has 9 nitrogen and oxygen atoms in total. The lowest BCUT2D eigenvalue weighted by molar-refractivity contribution is 0.102. The summed E-state index contributed by atoms with van der Waals surface area (Å²) in [5.74, 6) is 0.462. The number of benzene rings is 1. The summed E-state index contributed by atoms with van der Waals surface area (Å²) in [6.45, 7) is 0.826. The average molecular weight is 389 g/mol. The van der Waals surface area contributed by atoms with E-state index in [1.807, 2.05) is 0 Å². The van der Waals surface area contributed by atoms with Gasteiger partial charge in [-0.05, 0) is 6.07 Å². The lowest BCUT2D eigenvalue weighted by Gasteiger charge is -2.20. The van der Waals surface area contributed by atoms with Gasteiger partial charge in [0.25, 0.3) is 11.5 Å². The Balaban J connectivity index is 1.70. The summed E-state index contributed by atoms with van der Waals surface area (Å²) in [5.41, 5.74) is -0.552. The topological polar surface area (TPSA) is 115 Å². The molecule has 2 N–H and O–H groups in total. The molecule has 27 heavy (non-hydrogen) atoms. The Kier molecular flexibility index (Phi) is 4.08. The van der Waals surface area contributed by atoms with Gasteiger partial charge < -0.3 is 14.8 Å². The Hall–Kier alpha value is -3.33. The van der Waals surface area contributed by atoms with Crippen LogP contribution in [0, 0.1) is 0 Å². The van der Waals surface area contributed by atoms with E-state index in [9.17, 15) is 14.4 Å². The molecule has 0 bridgehead atoms. The molecule has 10 heteroatoms. The zero-order chi connectivity index (χ0) is 19.1. The number of fused-ring (bicyclic) bond motifs is 2. The third kappa shape index (κ3) is 3.02. The highest BCUT2D eigenvalue weighted by molar-refractivity contribution is 6.34. The van der Waals surface area contributed by atoms with Crippen LogP contribution in [-0.4, -0.2) is 33.7 Å². The zero-order valence-electron chi connectivity index (χ0n) is 14.0. The number of aromatic amines is 1. The molecule has 0 fully saturated rings. The number of hydrogen-bond donors (Lipinski definition) is 2. The number of aryl methyl sites for hydroxylation is 1. The van der Waals surface area contributed by atoms with Crippen LogP contribution in [0.4, 0.5) is 5.69 Å². The first-order valence-electron chi connectivity index (χ1n) is 7.93. The Labute approximate surface area is 156 Å². The minimum Gasteiger partial charge on any atom is -0.486 e. The van der Waals surface area contributed by atoms with Crippen molar-refractivity contribution in [2.45, 2.75) is 0 Å². The molecule has 0 atom stereocenters. The van der Waals surface area contributed by atoms with Crippen molar-refractivity contribution in [3.63, 3.8) is 0 Å². The maximum Gasteiger partial charge on any atom is 0.329 e. The molecule has 0 radical (unpaired) electrons. The molecular weight excluding hydrogens is 376 g/mol. The van der Waals surface area contributed by atoms with Gasteiger partial charge in [0.05, 0.1) is 21.7 Å². The second kappa shape index (κ2) is 6.44. The van der Waals surface area contributed by atoms with Gasteiger partial charge in [-0.3, -0.25) is 19.1 Å². The Morgan fingerprint density at radius 1 is 1.22 bits per heavy atom. The minimum atomic E-state index is -0.618. The van der Waals surface area contributed by atoms with Gasteiger partial charge in [-0.15, -0.1) is 0 Å². The first-order valence-corrected chi connectivity index (χ1v) is 8.31. The number of nitrogens with zero attached hydrogens (tertiary/aromatic N) is 2. The van der Waals surface area contributed by atoms with Gasteiger partial charge in [-0.2, -0.15) is 0 Å². The molecule has 0 saturated heterocycles. The Bertz CT molecular complexity index is 1200. The van der Waals surface area contributed by atoms with Crippen LogP contribution in [0.25, 0.3) is 11.0 Å². The summed E-state index contributed by atoms with van der Waals surface area (Å²) in [7, 11) is 1.47. The van der Waals surface area contributed by atoms with Crippen LogP contribution in [0.1, 0.15) is 10.4 Å². The number of hydrogen-bond acceptors (Lipinski definition) is 6. The standard InChI is InChI=1S/C17H13ClN4O5/c1-22-14-9(16(24)21-17(22)25)4-8(7-19-14)15(23)20-11-6-13-12(5-10(11)18)26-2-3-27-13/h4-7H,2-3H2,1H3,(H,20,23)(H,21,24,25). The number of amides is 1. The number of carbonyl (C=O) groups excluding carboxylic acids is 1. The second-order valence-electron chi connectivity index (χ2n) is 5.84. The zero-order valence-corrected chi connectivity index (χ0v) is 14.8. The summed E-state index contributed by atoms with van der Waals surface area (Å²) in [6.07, 6.45) is 1.28. The quantitative estimate of drug-likeness (QED) is 0.683. The largest absolute Gasteiger partial charge is 0.486 e. The van der Waals surface area contributed by atoms with Crippen molar-refractivity contribution in [2.75, 3.05) is 18.5 Å². The molecule has 0 saturated carbocycles. The Morgan fingerprint density at radius 3 is 2.67 bits per heavy atom. The molecule has 3 aromatic rings. The number of pyridine rings is 1. The number of H-pyrrole nitrogens is 1. The molecule has 1 amide bonds. The van der Waals surface area contributed by atoms with Crippen LogP contribution < -0.4 is 26.0 Å². The first kappa shape index (κ1) is 17.1. The highest BCUT2D eigenvalue weighted by atomic mass is 35.5. The maximum absolute atomic E-state index is 12.6. The van der Waals surface area contributed by atoms with Crippen LogP contribution in [-0.2, 0) is 7.05 Å². The van der Waals surface area contributed by atoms with E-state index < -0.39 is 17.2 Å². The molecule has 0 unspecified atom stereocenters. The first-order chi connectivity index (χ1) is 12.9. The molecule has 3 heterocycles. The maximum atomic E-state index is 12.6. The van der Waals surface area contributed by atoms with Crippen molar-refractivity contribution in [1.82, 2.24) is 14.5 Å². The fourth-order valence-corrected chi connectivity index (χ4v) is 2.92. The van der Waals surface area contributed by atoms with Crippen LogP contribution >= 0.6 is 11.6 Å². The van der Waals surface area contributed by atoms with Gasteiger partial charge >= 0.3 is 5.69 Å². The minimum absolute atomic E-state index is 0.123.